The Bertz CT molecular complexity index is 568. The predicted octanol–water partition coefficient (Wildman–Crippen LogP) is 3.79. The van der Waals surface area contributed by atoms with Crippen molar-refractivity contribution in [2.75, 3.05) is 11.4 Å². The molecule has 0 fully saturated rings. The largest absolute Gasteiger partial charge is 0.480 e. The average Bonchev–Trinajstić information content (AvgIpc) is 2.74. The van der Waals surface area contributed by atoms with Crippen molar-refractivity contribution >= 4 is 39.2 Å². The van der Waals surface area contributed by atoms with E-state index < -0.39 is 5.97 Å². The van der Waals surface area contributed by atoms with Crippen LogP contribution in [0.4, 0.5) is 5.69 Å². The third-order valence-corrected chi connectivity index (χ3v) is 3.17. The minimum Gasteiger partial charge on any atom is -0.480 e. The van der Waals surface area contributed by atoms with Gasteiger partial charge in [0, 0.05) is 10.7 Å². The lowest BCUT2D eigenvalue weighted by atomic mass is 10.2. The summed E-state index contributed by atoms with van der Waals surface area (Å²) in [6, 6.07) is 10.6. The fraction of sp³-hybridized carbons (Fsp3) is 0.154. The number of benzene rings is 1. The quantitative estimate of drug-likeness (QED) is 0.896. The number of rotatable bonds is 5. The third-order valence-electron chi connectivity index (χ3n) is 2.49. The number of halogens is 2. The summed E-state index contributed by atoms with van der Waals surface area (Å²) in [6.45, 7) is 0.263. The fourth-order valence-corrected chi connectivity index (χ4v) is 2.14. The molecule has 1 aromatic heterocycles. The molecule has 19 heavy (non-hydrogen) atoms. The van der Waals surface area contributed by atoms with Crippen LogP contribution in [0.1, 0.15) is 5.76 Å². The molecule has 0 amide bonds. The molecule has 0 aliphatic rings. The maximum atomic E-state index is 10.9. The molecule has 0 unspecified atom stereocenters. The Morgan fingerprint density at radius 3 is 2.47 bits per heavy atom. The Morgan fingerprint density at radius 2 is 1.95 bits per heavy atom. The summed E-state index contributed by atoms with van der Waals surface area (Å²) in [5.41, 5.74) is 0.777. The van der Waals surface area contributed by atoms with Crippen LogP contribution in [0.3, 0.4) is 0 Å². The lowest BCUT2D eigenvalue weighted by Gasteiger charge is -2.21. The van der Waals surface area contributed by atoms with Gasteiger partial charge in [0.2, 0.25) is 0 Å². The Hall–Kier alpha value is -1.46. The second-order valence-electron chi connectivity index (χ2n) is 3.93. The molecule has 4 nitrogen and oxygen atoms in total. The van der Waals surface area contributed by atoms with E-state index >= 15 is 0 Å². The van der Waals surface area contributed by atoms with Crippen LogP contribution in [0.5, 0.6) is 0 Å². The smallest absolute Gasteiger partial charge is 0.323 e. The number of hydrogen-bond donors (Lipinski definition) is 1. The first-order valence-electron chi connectivity index (χ1n) is 5.51. The molecule has 0 aliphatic carbocycles. The molecule has 0 bridgehead atoms. The van der Waals surface area contributed by atoms with Gasteiger partial charge in [0.25, 0.3) is 0 Å². The molecule has 2 aromatic rings. The number of furan rings is 1. The SMILES string of the molecule is O=C(O)CN(Cc1ccc(Br)o1)c1ccc(Cl)cc1. The van der Waals surface area contributed by atoms with Gasteiger partial charge in [0.15, 0.2) is 4.67 Å². The first-order valence-corrected chi connectivity index (χ1v) is 6.68. The molecule has 1 N–H and O–H groups in total. The van der Waals surface area contributed by atoms with Crippen LogP contribution in [0, 0.1) is 0 Å². The molecule has 1 aromatic carbocycles. The molecule has 0 spiro atoms. The van der Waals surface area contributed by atoms with Crippen LogP contribution in [0.2, 0.25) is 5.02 Å². The van der Waals surface area contributed by atoms with Gasteiger partial charge in [0.05, 0.1) is 6.54 Å². The van der Waals surface area contributed by atoms with Crippen LogP contribution in [0.15, 0.2) is 45.5 Å². The van der Waals surface area contributed by atoms with Crippen molar-refractivity contribution in [1.29, 1.82) is 0 Å². The van der Waals surface area contributed by atoms with Crippen LogP contribution in [-0.2, 0) is 11.3 Å². The average molecular weight is 345 g/mol. The van der Waals surface area contributed by atoms with E-state index in [0.29, 0.717) is 22.0 Å². The molecule has 2 rings (SSSR count). The van der Waals surface area contributed by atoms with Crippen LogP contribution in [0.25, 0.3) is 0 Å². The van der Waals surface area contributed by atoms with Crippen molar-refractivity contribution in [2.24, 2.45) is 0 Å². The monoisotopic (exact) mass is 343 g/mol. The van der Waals surface area contributed by atoms with Gasteiger partial charge in [0.1, 0.15) is 12.3 Å². The van der Waals surface area contributed by atoms with Gasteiger partial charge < -0.3 is 14.4 Å². The number of carboxylic acids is 1. The zero-order valence-corrected chi connectivity index (χ0v) is 12.2. The van der Waals surface area contributed by atoms with Crippen LogP contribution >= 0.6 is 27.5 Å². The van der Waals surface area contributed by atoms with E-state index in [9.17, 15) is 4.79 Å². The van der Waals surface area contributed by atoms with Crippen molar-refractivity contribution in [3.8, 4) is 0 Å². The lowest BCUT2D eigenvalue weighted by molar-refractivity contribution is -0.135. The first-order chi connectivity index (χ1) is 9.04. The van der Waals surface area contributed by atoms with Crippen LogP contribution < -0.4 is 4.90 Å². The van der Waals surface area contributed by atoms with Gasteiger partial charge in [-0.15, -0.1) is 0 Å². The maximum absolute atomic E-state index is 10.9. The molecule has 0 saturated carbocycles. The maximum Gasteiger partial charge on any atom is 0.323 e. The number of carboxylic acid groups (broad SMARTS) is 1. The highest BCUT2D eigenvalue weighted by Gasteiger charge is 2.13. The Balaban J connectivity index is 2.20. The minimum absolute atomic E-state index is 0.111. The first kappa shape index (κ1) is 14.0. The summed E-state index contributed by atoms with van der Waals surface area (Å²) in [6.07, 6.45) is 0. The number of carbonyl (C=O) groups is 1. The zero-order valence-electron chi connectivity index (χ0n) is 9.85. The van der Waals surface area contributed by atoms with E-state index in [-0.39, 0.29) is 6.54 Å². The predicted molar refractivity (Wildman–Crippen MR) is 76.5 cm³/mol. The summed E-state index contributed by atoms with van der Waals surface area (Å²) in [5.74, 6) is -0.219. The van der Waals surface area contributed by atoms with E-state index in [0.717, 1.165) is 5.69 Å². The topological polar surface area (TPSA) is 53.7 Å². The van der Waals surface area contributed by atoms with E-state index in [1.165, 1.54) is 0 Å². The lowest BCUT2D eigenvalue weighted by Crippen LogP contribution is -2.28. The molecular formula is C13H11BrClNO3. The van der Waals surface area contributed by atoms with Crippen molar-refractivity contribution in [1.82, 2.24) is 0 Å². The zero-order chi connectivity index (χ0) is 13.8. The molecule has 0 radical (unpaired) electrons. The Labute approximate surface area is 123 Å². The molecule has 6 heteroatoms. The number of aliphatic carboxylic acids is 1. The van der Waals surface area contributed by atoms with Crippen LogP contribution in [-0.4, -0.2) is 17.6 Å². The number of nitrogens with zero attached hydrogens (tertiary/aromatic N) is 1. The highest BCUT2D eigenvalue weighted by atomic mass is 79.9. The van der Waals surface area contributed by atoms with E-state index in [1.807, 2.05) is 0 Å². The van der Waals surface area contributed by atoms with Crippen molar-refractivity contribution < 1.29 is 14.3 Å². The fourth-order valence-electron chi connectivity index (χ4n) is 1.68. The van der Waals surface area contributed by atoms with Gasteiger partial charge >= 0.3 is 5.97 Å². The van der Waals surface area contributed by atoms with Gasteiger partial charge in [-0.25, -0.2) is 0 Å². The van der Waals surface area contributed by atoms with Crippen molar-refractivity contribution in [2.45, 2.75) is 6.54 Å². The number of anilines is 1. The number of hydrogen-bond acceptors (Lipinski definition) is 3. The minimum atomic E-state index is -0.902. The molecule has 1 heterocycles. The van der Waals surface area contributed by atoms with E-state index in [4.69, 9.17) is 21.1 Å². The highest BCUT2D eigenvalue weighted by Crippen LogP contribution is 2.22. The van der Waals surface area contributed by atoms with Gasteiger partial charge in [-0.2, -0.15) is 0 Å². The summed E-state index contributed by atoms with van der Waals surface area (Å²) < 4.78 is 6.02. The van der Waals surface area contributed by atoms with Crippen molar-refractivity contribution in [3.05, 3.63) is 51.9 Å². The summed E-state index contributed by atoms with van der Waals surface area (Å²) in [7, 11) is 0. The summed E-state index contributed by atoms with van der Waals surface area (Å²) in [4.78, 5) is 12.6. The van der Waals surface area contributed by atoms with E-state index in [2.05, 4.69) is 15.9 Å². The molecule has 0 aliphatic heterocycles. The van der Waals surface area contributed by atoms with Gasteiger partial charge in [-0.3, -0.25) is 4.79 Å². The normalized spacial score (nSPS) is 10.4. The third kappa shape index (κ3) is 4.01. The summed E-state index contributed by atoms with van der Waals surface area (Å²) >= 11 is 9.05. The molecule has 0 atom stereocenters. The van der Waals surface area contributed by atoms with Crippen molar-refractivity contribution in [3.63, 3.8) is 0 Å². The molecular weight excluding hydrogens is 334 g/mol. The highest BCUT2D eigenvalue weighted by molar-refractivity contribution is 9.10. The summed E-state index contributed by atoms with van der Waals surface area (Å²) in [5, 5.41) is 9.59. The Kier molecular flexibility index (Phi) is 4.50. The second kappa shape index (κ2) is 6.12. The van der Waals surface area contributed by atoms with E-state index in [1.54, 1.807) is 41.3 Å². The van der Waals surface area contributed by atoms with Gasteiger partial charge in [-0.05, 0) is 52.3 Å². The van der Waals surface area contributed by atoms with Gasteiger partial charge in [-0.1, -0.05) is 11.6 Å². The molecule has 100 valence electrons. The Morgan fingerprint density at radius 1 is 1.26 bits per heavy atom. The molecule has 0 saturated heterocycles. The second-order valence-corrected chi connectivity index (χ2v) is 5.15. The standard InChI is InChI=1S/C13H11BrClNO3/c14-12-6-5-11(19-12)7-16(8-13(17)18)10-3-1-9(15)2-4-10/h1-6H,7-8H2,(H,17,18).